The van der Waals surface area contributed by atoms with E-state index in [0.29, 0.717) is 16.6 Å². The van der Waals surface area contributed by atoms with Crippen molar-refractivity contribution in [2.75, 3.05) is 10.6 Å². The fourth-order valence-electron chi connectivity index (χ4n) is 3.08. The number of carbonyl (C=O) groups excluding carboxylic acids is 2. The number of aryl methyl sites for hydroxylation is 1. The highest BCUT2D eigenvalue weighted by atomic mass is 32.1. The van der Waals surface area contributed by atoms with Crippen LogP contribution in [0.2, 0.25) is 0 Å². The Bertz CT molecular complexity index is 1170. The van der Waals surface area contributed by atoms with Gasteiger partial charge in [-0.3, -0.25) is 10.1 Å². The number of rotatable bonds is 4. The third-order valence-corrected chi connectivity index (χ3v) is 5.59. The average Bonchev–Trinajstić information content (AvgIpc) is 3.24. The molecule has 1 fully saturated rings. The van der Waals surface area contributed by atoms with Crippen LogP contribution in [0, 0.1) is 12.8 Å². The van der Waals surface area contributed by atoms with Gasteiger partial charge in [-0.15, -0.1) is 10.2 Å². The fraction of sp³-hybridized carbons (Fsp3) is 0.381. The van der Waals surface area contributed by atoms with Crippen LogP contribution in [0.25, 0.3) is 21.3 Å². The maximum absolute atomic E-state index is 13.2. The Balaban J connectivity index is 1.72. The van der Waals surface area contributed by atoms with E-state index in [-0.39, 0.29) is 12.2 Å². The normalized spacial score (nSPS) is 18.0. The number of nitrogens with zero attached hydrogens (tertiary/aromatic N) is 3. The monoisotopic (exact) mass is 443 g/mol. The Morgan fingerprint density at radius 2 is 1.94 bits per heavy atom. The van der Waals surface area contributed by atoms with Gasteiger partial charge < -0.3 is 10.1 Å². The number of hydrogen-bond acceptors (Lipinski definition) is 7. The number of halogens is 1. The molecule has 8 nitrogen and oxygen atoms in total. The second-order valence-corrected chi connectivity index (χ2v) is 9.31. The smallest absolute Gasteiger partial charge is 0.412 e. The zero-order chi connectivity index (χ0) is 22.3. The number of aromatic nitrogens is 3. The summed E-state index contributed by atoms with van der Waals surface area (Å²) in [6, 6.07) is 5.32. The summed E-state index contributed by atoms with van der Waals surface area (Å²) in [5.74, 6) is -0.825. The molecule has 0 saturated heterocycles. The molecule has 31 heavy (non-hydrogen) atoms. The van der Waals surface area contributed by atoms with E-state index in [0.717, 1.165) is 16.0 Å². The lowest BCUT2D eigenvalue weighted by Gasteiger charge is -2.20. The molecule has 1 unspecified atom stereocenters. The van der Waals surface area contributed by atoms with Gasteiger partial charge in [0.05, 0.1) is 16.5 Å². The molecule has 4 rings (SSSR count). The van der Waals surface area contributed by atoms with Gasteiger partial charge in [0.25, 0.3) is 0 Å². The number of ether oxygens (including phenoxy) is 1. The summed E-state index contributed by atoms with van der Waals surface area (Å²) >= 11 is 1.33. The summed E-state index contributed by atoms with van der Waals surface area (Å²) in [5, 5.41) is 14.2. The van der Waals surface area contributed by atoms with E-state index in [4.69, 9.17) is 4.74 Å². The number of fused-ring (bicyclic) bond motifs is 1. The van der Waals surface area contributed by atoms with E-state index < -0.39 is 29.7 Å². The molecular formula is C21H22FN5O3S. The minimum Gasteiger partial charge on any atom is -0.444 e. The SMILES string of the molecule is Cc1cnsc1-c1cc(NC(=O)OC(C)(C)C)c2nnc(NC(=O)C3C[C@@H]3F)cc2c1. The van der Waals surface area contributed by atoms with Gasteiger partial charge in [-0.1, -0.05) is 0 Å². The Kier molecular flexibility index (Phi) is 5.34. The largest absolute Gasteiger partial charge is 0.444 e. The minimum atomic E-state index is -1.10. The first-order valence-corrected chi connectivity index (χ1v) is 10.6. The molecule has 0 radical (unpaired) electrons. The molecule has 2 aromatic heterocycles. The Morgan fingerprint density at radius 3 is 2.55 bits per heavy atom. The molecule has 1 aliphatic rings. The van der Waals surface area contributed by atoms with E-state index in [1.54, 1.807) is 39.1 Å². The van der Waals surface area contributed by atoms with Crippen LogP contribution in [-0.4, -0.2) is 38.3 Å². The van der Waals surface area contributed by atoms with Crippen molar-refractivity contribution in [2.24, 2.45) is 5.92 Å². The molecule has 0 spiro atoms. The third kappa shape index (κ3) is 4.79. The number of hydrogen-bond donors (Lipinski definition) is 2. The molecule has 2 atom stereocenters. The quantitative estimate of drug-likeness (QED) is 0.605. The van der Waals surface area contributed by atoms with Crippen molar-refractivity contribution in [1.82, 2.24) is 14.6 Å². The number of anilines is 2. The molecule has 3 aromatic rings. The number of carbonyl (C=O) groups is 2. The van der Waals surface area contributed by atoms with Gasteiger partial charge in [0.2, 0.25) is 5.91 Å². The summed E-state index contributed by atoms with van der Waals surface area (Å²) in [4.78, 5) is 25.4. The van der Waals surface area contributed by atoms with Crippen molar-refractivity contribution in [2.45, 2.75) is 45.9 Å². The molecule has 1 saturated carbocycles. The lowest BCUT2D eigenvalue weighted by Crippen LogP contribution is -2.27. The summed E-state index contributed by atoms with van der Waals surface area (Å²) in [6.45, 7) is 7.28. The second-order valence-electron chi connectivity index (χ2n) is 8.50. The van der Waals surface area contributed by atoms with Crippen molar-refractivity contribution in [1.29, 1.82) is 0 Å². The maximum Gasteiger partial charge on any atom is 0.412 e. The standard InChI is InChI=1S/C21H22FN5O3S/c1-10-9-23-31-18(10)12-5-11-7-16(25-19(28)13-8-14(13)22)26-27-17(11)15(6-12)24-20(29)30-21(2,3)4/h5-7,9,13-14H,8H2,1-4H3,(H,24,29)(H,25,26,28)/t13?,14-/m0/s1. The molecule has 2 N–H and O–H groups in total. The summed E-state index contributed by atoms with van der Waals surface area (Å²) in [7, 11) is 0. The van der Waals surface area contributed by atoms with Crippen LogP contribution in [0.1, 0.15) is 32.8 Å². The molecule has 10 heteroatoms. The first-order valence-electron chi connectivity index (χ1n) is 9.79. The van der Waals surface area contributed by atoms with Gasteiger partial charge in [0, 0.05) is 11.6 Å². The van der Waals surface area contributed by atoms with Gasteiger partial charge in [-0.25, -0.2) is 13.6 Å². The number of alkyl halides is 1. The van der Waals surface area contributed by atoms with Crippen LogP contribution in [0.15, 0.2) is 24.4 Å². The summed E-state index contributed by atoms with van der Waals surface area (Å²) < 4.78 is 22.7. The summed E-state index contributed by atoms with van der Waals surface area (Å²) in [6.07, 6.45) is 0.281. The van der Waals surface area contributed by atoms with Crippen molar-refractivity contribution in [3.05, 3.63) is 30.0 Å². The average molecular weight is 444 g/mol. The number of nitrogens with one attached hydrogen (secondary N) is 2. The zero-order valence-corrected chi connectivity index (χ0v) is 18.3. The Labute approximate surface area is 182 Å². The van der Waals surface area contributed by atoms with Gasteiger partial charge >= 0.3 is 6.09 Å². The lowest BCUT2D eigenvalue weighted by atomic mass is 10.1. The minimum absolute atomic E-state index is 0.220. The van der Waals surface area contributed by atoms with Gasteiger partial charge in [0.1, 0.15) is 17.3 Å². The van der Waals surface area contributed by atoms with Crippen LogP contribution in [0.5, 0.6) is 0 Å². The molecule has 0 aliphatic heterocycles. The number of amides is 2. The molecule has 1 aromatic carbocycles. The van der Waals surface area contributed by atoms with E-state index in [1.165, 1.54) is 11.5 Å². The van der Waals surface area contributed by atoms with Crippen molar-refractivity contribution < 1.29 is 18.7 Å². The fourth-order valence-corrected chi connectivity index (χ4v) is 3.82. The number of benzene rings is 1. The molecule has 0 bridgehead atoms. The first kappa shape index (κ1) is 21.1. The predicted octanol–water partition coefficient (Wildman–Crippen LogP) is 4.71. The van der Waals surface area contributed by atoms with Gasteiger partial charge in [-0.2, -0.15) is 0 Å². The summed E-state index contributed by atoms with van der Waals surface area (Å²) in [5.41, 5.74) is 2.02. The van der Waals surface area contributed by atoms with E-state index >= 15 is 0 Å². The molecule has 2 amide bonds. The van der Waals surface area contributed by atoms with Crippen molar-refractivity contribution >= 4 is 45.9 Å². The zero-order valence-electron chi connectivity index (χ0n) is 17.5. The van der Waals surface area contributed by atoms with E-state index in [2.05, 4.69) is 25.2 Å². The van der Waals surface area contributed by atoms with Gasteiger partial charge in [-0.05, 0) is 75.0 Å². The maximum atomic E-state index is 13.2. The molecule has 2 heterocycles. The predicted molar refractivity (Wildman–Crippen MR) is 117 cm³/mol. The van der Waals surface area contributed by atoms with E-state index in [1.807, 2.05) is 13.0 Å². The topological polar surface area (TPSA) is 106 Å². The molecule has 1 aliphatic carbocycles. The molecular weight excluding hydrogens is 421 g/mol. The highest BCUT2D eigenvalue weighted by Gasteiger charge is 2.43. The highest BCUT2D eigenvalue weighted by Crippen LogP contribution is 2.36. The third-order valence-electron chi connectivity index (χ3n) is 4.64. The van der Waals surface area contributed by atoms with Crippen molar-refractivity contribution in [3.63, 3.8) is 0 Å². The van der Waals surface area contributed by atoms with Crippen molar-refractivity contribution in [3.8, 4) is 10.4 Å². The van der Waals surface area contributed by atoms with Crippen LogP contribution in [0.3, 0.4) is 0 Å². The first-order chi connectivity index (χ1) is 14.6. The second kappa shape index (κ2) is 7.84. The van der Waals surface area contributed by atoms with Gasteiger partial charge in [0.15, 0.2) is 5.82 Å². The van der Waals surface area contributed by atoms with E-state index in [9.17, 15) is 14.0 Å². The lowest BCUT2D eigenvalue weighted by molar-refractivity contribution is -0.117. The van der Waals surface area contributed by atoms with Crippen LogP contribution in [0.4, 0.5) is 20.7 Å². The van der Waals surface area contributed by atoms with Crippen LogP contribution in [-0.2, 0) is 9.53 Å². The molecule has 162 valence electrons. The Hall–Kier alpha value is -3.14. The van der Waals surface area contributed by atoms with Crippen LogP contribution >= 0.6 is 11.5 Å². The van der Waals surface area contributed by atoms with Crippen LogP contribution < -0.4 is 10.6 Å². The Morgan fingerprint density at radius 1 is 1.19 bits per heavy atom. The highest BCUT2D eigenvalue weighted by molar-refractivity contribution is 7.09.